The number of nitrogens with one attached hydrogen (secondary N) is 1. The monoisotopic (exact) mass is 413 g/mol. The van der Waals surface area contributed by atoms with Gasteiger partial charge in [0.05, 0.1) is 5.69 Å². The van der Waals surface area contributed by atoms with Gasteiger partial charge < -0.3 is 5.32 Å². The Balaban J connectivity index is 1.46. The molecule has 0 aliphatic rings. The average Bonchev–Trinajstić information content (AvgIpc) is 3.19. The Morgan fingerprint density at radius 2 is 1.52 bits per heavy atom. The van der Waals surface area contributed by atoms with E-state index in [0.717, 1.165) is 6.42 Å². The fourth-order valence-electron chi connectivity index (χ4n) is 3.80. The molecule has 5 heteroatoms. The number of benzene rings is 3. The van der Waals surface area contributed by atoms with Crippen LogP contribution in [0.2, 0.25) is 0 Å². The molecule has 0 spiro atoms. The second-order valence-electron chi connectivity index (χ2n) is 7.44. The first-order chi connectivity index (χ1) is 15.1. The van der Waals surface area contributed by atoms with Crippen LogP contribution in [0.5, 0.6) is 0 Å². The van der Waals surface area contributed by atoms with Gasteiger partial charge >= 0.3 is 0 Å². The van der Waals surface area contributed by atoms with Crippen molar-refractivity contribution in [1.82, 2.24) is 15.1 Å². The van der Waals surface area contributed by atoms with E-state index in [0.29, 0.717) is 23.5 Å². The molecule has 4 nitrogen and oxygen atoms in total. The third-order valence-corrected chi connectivity index (χ3v) is 5.38. The molecule has 3 aromatic carbocycles. The highest BCUT2D eigenvalue weighted by molar-refractivity contribution is 5.93. The molecule has 4 rings (SSSR count). The molecular formula is C26H24FN3O. The summed E-state index contributed by atoms with van der Waals surface area (Å²) < 4.78 is 15.6. The molecule has 31 heavy (non-hydrogen) atoms. The van der Waals surface area contributed by atoms with Gasteiger partial charge in [0.1, 0.15) is 11.5 Å². The summed E-state index contributed by atoms with van der Waals surface area (Å²) in [7, 11) is 1.69. The fraction of sp³-hybridized carbons (Fsp3) is 0.154. The molecule has 0 unspecified atom stereocenters. The summed E-state index contributed by atoms with van der Waals surface area (Å²) in [6, 6.07) is 28.6. The minimum absolute atomic E-state index is 0.184. The number of rotatable bonds is 7. The van der Waals surface area contributed by atoms with Gasteiger partial charge in [-0.2, -0.15) is 5.10 Å². The fourth-order valence-corrected chi connectivity index (χ4v) is 3.80. The molecule has 4 aromatic rings. The highest BCUT2D eigenvalue weighted by atomic mass is 19.1. The molecule has 1 amide bonds. The molecule has 156 valence electrons. The quantitative estimate of drug-likeness (QED) is 0.454. The summed E-state index contributed by atoms with van der Waals surface area (Å²) in [5.74, 6) is -0.401. The lowest BCUT2D eigenvalue weighted by molar-refractivity contribution is 0.0943. The summed E-state index contributed by atoms with van der Waals surface area (Å²) >= 11 is 0. The Bertz CT molecular complexity index is 1120. The maximum absolute atomic E-state index is 14.1. The second-order valence-corrected chi connectivity index (χ2v) is 7.44. The van der Waals surface area contributed by atoms with E-state index in [1.807, 2.05) is 36.4 Å². The van der Waals surface area contributed by atoms with Crippen molar-refractivity contribution in [2.45, 2.75) is 12.3 Å². The topological polar surface area (TPSA) is 46.9 Å². The van der Waals surface area contributed by atoms with Gasteiger partial charge in [0, 0.05) is 25.1 Å². The number of carbonyl (C=O) groups excluding carboxylic acids is 1. The lowest BCUT2D eigenvalue weighted by Gasteiger charge is -2.18. The first-order valence-electron chi connectivity index (χ1n) is 10.3. The molecule has 0 atom stereocenters. The van der Waals surface area contributed by atoms with E-state index >= 15 is 0 Å². The van der Waals surface area contributed by atoms with E-state index in [1.165, 1.54) is 21.9 Å². The van der Waals surface area contributed by atoms with Crippen molar-refractivity contribution in [3.8, 4) is 11.3 Å². The van der Waals surface area contributed by atoms with Gasteiger partial charge in [-0.1, -0.05) is 72.8 Å². The van der Waals surface area contributed by atoms with E-state index in [4.69, 9.17) is 0 Å². The minimum Gasteiger partial charge on any atom is -0.351 e. The number of halogens is 1. The molecule has 0 saturated carbocycles. The number of aryl methyl sites for hydroxylation is 1. The Morgan fingerprint density at radius 1 is 0.935 bits per heavy atom. The van der Waals surface area contributed by atoms with E-state index in [9.17, 15) is 9.18 Å². The van der Waals surface area contributed by atoms with Crippen molar-refractivity contribution >= 4 is 5.91 Å². The number of nitrogens with zero attached hydrogens (tertiary/aromatic N) is 2. The highest BCUT2D eigenvalue weighted by Gasteiger charge is 2.18. The number of aromatic nitrogens is 2. The highest BCUT2D eigenvalue weighted by Crippen LogP contribution is 2.27. The van der Waals surface area contributed by atoms with Crippen LogP contribution in [-0.4, -0.2) is 22.2 Å². The van der Waals surface area contributed by atoms with E-state index in [2.05, 4.69) is 34.7 Å². The Kier molecular flexibility index (Phi) is 6.22. The maximum atomic E-state index is 14.1. The molecule has 1 N–H and O–H groups in total. The van der Waals surface area contributed by atoms with Crippen LogP contribution in [-0.2, 0) is 7.05 Å². The Hall–Kier alpha value is -3.73. The third kappa shape index (κ3) is 4.72. The molecule has 0 radical (unpaired) electrons. The van der Waals surface area contributed by atoms with Crippen LogP contribution in [0.4, 0.5) is 4.39 Å². The normalized spacial score (nSPS) is 10.9. The summed E-state index contributed by atoms with van der Waals surface area (Å²) in [6.07, 6.45) is 0.762. The molecule has 0 aliphatic carbocycles. The zero-order valence-electron chi connectivity index (χ0n) is 17.3. The second kappa shape index (κ2) is 9.39. The number of hydrogen-bond donors (Lipinski definition) is 1. The van der Waals surface area contributed by atoms with Crippen LogP contribution in [0.1, 0.15) is 34.0 Å². The van der Waals surface area contributed by atoms with Gasteiger partial charge in [-0.25, -0.2) is 4.39 Å². The van der Waals surface area contributed by atoms with Crippen LogP contribution in [0.3, 0.4) is 0 Å². The zero-order valence-corrected chi connectivity index (χ0v) is 17.3. The summed E-state index contributed by atoms with van der Waals surface area (Å²) in [5, 5.41) is 7.31. The van der Waals surface area contributed by atoms with Gasteiger partial charge in [-0.3, -0.25) is 9.48 Å². The maximum Gasteiger partial charge on any atom is 0.269 e. The standard InChI is InChI=1S/C26H24FN3O/c1-30-25(18-24(29-30)22-14-8-9-15-23(22)27)26(31)28-17-16-21(19-10-4-2-5-11-19)20-12-6-3-7-13-20/h2-15,18,21H,16-17H2,1H3,(H,28,31). The molecule has 0 fully saturated rings. The molecule has 0 aliphatic heterocycles. The summed E-state index contributed by atoms with van der Waals surface area (Å²) in [6.45, 7) is 0.507. The lowest BCUT2D eigenvalue weighted by Crippen LogP contribution is -2.27. The Morgan fingerprint density at radius 3 is 2.13 bits per heavy atom. The third-order valence-electron chi connectivity index (χ3n) is 5.38. The zero-order chi connectivity index (χ0) is 21.6. The molecule has 0 bridgehead atoms. The van der Waals surface area contributed by atoms with Crippen LogP contribution in [0.15, 0.2) is 91.0 Å². The predicted octanol–water partition coefficient (Wildman–Crippen LogP) is 5.18. The minimum atomic E-state index is -0.360. The lowest BCUT2D eigenvalue weighted by atomic mass is 9.88. The molecular weight excluding hydrogens is 389 g/mol. The van der Waals surface area contributed by atoms with Crippen molar-refractivity contribution in [1.29, 1.82) is 0 Å². The smallest absolute Gasteiger partial charge is 0.269 e. The van der Waals surface area contributed by atoms with E-state index in [-0.39, 0.29) is 17.6 Å². The van der Waals surface area contributed by atoms with Crippen LogP contribution < -0.4 is 5.32 Å². The van der Waals surface area contributed by atoms with Gasteiger partial charge in [0.15, 0.2) is 0 Å². The van der Waals surface area contributed by atoms with Gasteiger partial charge in [0.2, 0.25) is 0 Å². The van der Waals surface area contributed by atoms with Crippen molar-refractivity contribution in [2.75, 3.05) is 6.54 Å². The van der Waals surface area contributed by atoms with E-state index < -0.39 is 0 Å². The molecule has 1 heterocycles. The van der Waals surface area contributed by atoms with Gasteiger partial charge in [0.25, 0.3) is 5.91 Å². The van der Waals surface area contributed by atoms with Crippen LogP contribution >= 0.6 is 0 Å². The van der Waals surface area contributed by atoms with Gasteiger partial charge in [-0.05, 0) is 35.7 Å². The van der Waals surface area contributed by atoms with Crippen molar-refractivity contribution in [2.24, 2.45) is 7.05 Å². The number of carbonyl (C=O) groups is 1. The predicted molar refractivity (Wildman–Crippen MR) is 120 cm³/mol. The number of hydrogen-bond acceptors (Lipinski definition) is 2. The summed E-state index contributed by atoms with van der Waals surface area (Å²) in [5.41, 5.74) is 3.65. The van der Waals surface area contributed by atoms with Crippen molar-refractivity contribution in [3.63, 3.8) is 0 Å². The molecule has 0 saturated heterocycles. The average molecular weight is 413 g/mol. The number of amides is 1. The van der Waals surface area contributed by atoms with Gasteiger partial charge in [-0.15, -0.1) is 0 Å². The largest absolute Gasteiger partial charge is 0.351 e. The molecule has 1 aromatic heterocycles. The van der Waals surface area contributed by atoms with Crippen molar-refractivity contribution < 1.29 is 9.18 Å². The first kappa shape index (κ1) is 20.5. The van der Waals surface area contributed by atoms with Crippen LogP contribution in [0.25, 0.3) is 11.3 Å². The Labute approximate surface area is 181 Å². The van der Waals surface area contributed by atoms with Crippen LogP contribution in [0, 0.1) is 5.82 Å². The first-order valence-corrected chi connectivity index (χ1v) is 10.3. The summed E-state index contributed by atoms with van der Waals surface area (Å²) in [4.78, 5) is 12.8. The SMILES string of the molecule is Cn1nc(-c2ccccc2F)cc1C(=O)NCCC(c1ccccc1)c1ccccc1. The van der Waals surface area contributed by atoms with Crippen molar-refractivity contribution in [3.05, 3.63) is 114 Å². The van der Waals surface area contributed by atoms with E-state index in [1.54, 1.807) is 31.3 Å².